The summed E-state index contributed by atoms with van der Waals surface area (Å²) < 4.78 is 5.47. The van der Waals surface area contributed by atoms with Crippen molar-refractivity contribution in [1.29, 1.82) is 0 Å². The van der Waals surface area contributed by atoms with E-state index in [9.17, 15) is 4.79 Å². The van der Waals surface area contributed by atoms with Gasteiger partial charge >= 0.3 is 0 Å². The lowest BCUT2D eigenvalue weighted by Crippen LogP contribution is -2.01. The third kappa shape index (κ3) is 3.52. The van der Waals surface area contributed by atoms with Crippen molar-refractivity contribution in [3.05, 3.63) is 72.1 Å². The van der Waals surface area contributed by atoms with E-state index in [4.69, 9.17) is 4.74 Å². The second-order valence-electron chi connectivity index (χ2n) is 5.97. The van der Waals surface area contributed by atoms with Crippen molar-refractivity contribution in [2.75, 3.05) is 12.4 Å². The Labute approximate surface area is 160 Å². The van der Waals surface area contributed by atoms with E-state index in [1.54, 1.807) is 36.9 Å². The zero-order valence-electron chi connectivity index (χ0n) is 14.7. The molecular weight excluding hydrogens is 358 g/mol. The third-order valence-corrected chi connectivity index (χ3v) is 5.34. The van der Waals surface area contributed by atoms with Gasteiger partial charge in [-0.25, -0.2) is 9.97 Å². The third-order valence-electron chi connectivity index (χ3n) is 4.26. The van der Waals surface area contributed by atoms with Crippen LogP contribution in [-0.4, -0.2) is 23.4 Å². The Kier molecular flexibility index (Phi) is 4.80. The largest absolute Gasteiger partial charge is 0.496 e. The molecule has 2 aromatic heterocycles. The summed E-state index contributed by atoms with van der Waals surface area (Å²) >= 11 is 1.57. The summed E-state index contributed by atoms with van der Waals surface area (Å²) in [6.45, 7) is 0.690. The summed E-state index contributed by atoms with van der Waals surface area (Å²) in [6, 6.07) is 17.7. The highest BCUT2D eigenvalue weighted by molar-refractivity contribution is 7.22. The number of methoxy groups -OCH3 is 1. The molecule has 134 valence electrons. The van der Waals surface area contributed by atoms with Gasteiger partial charge in [0.15, 0.2) is 0 Å². The SMILES string of the molecule is COc1cc(C=O)ccc1-c1cc2c(NCc3ccccc3)ncnc2s1. The molecular formula is C21H17N3O2S. The molecule has 1 N–H and O–H groups in total. The lowest BCUT2D eigenvalue weighted by molar-refractivity contribution is 0.112. The van der Waals surface area contributed by atoms with Crippen LogP contribution in [0.5, 0.6) is 5.75 Å². The van der Waals surface area contributed by atoms with Crippen LogP contribution in [0.15, 0.2) is 60.9 Å². The molecule has 0 aliphatic heterocycles. The molecule has 0 saturated carbocycles. The van der Waals surface area contributed by atoms with Crippen LogP contribution in [-0.2, 0) is 6.54 Å². The fourth-order valence-corrected chi connectivity index (χ4v) is 3.92. The fraction of sp³-hybridized carbons (Fsp3) is 0.0952. The van der Waals surface area contributed by atoms with Gasteiger partial charge in [-0.1, -0.05) is 36.4 Å². The van der Waals surface area contributed by atoms with Crippen LogP contribution in [0.2, 0.25) is 0 Å². The van der Waals surface area contributed by atoms with Crippen molar-refractivity contribution in [3.63, 3.8) is 0 Å². The summed E-state index contributed by atoms with van der Waals surface area (Å²) in [6.07, 6.45) is 2.39. The van der Waals surface area contributed by atoms with Crippen molar-refractivity contribution in [3.8, 4) is 16.2 Å². The molecule has 0 bridgehead atoms. The molecule has 0 aliphatic carbocycles. The van der Waals surface area contributed by atoms with Crippen LogP contribution in [0.25, 0.3) is 20.7 Å². The van der Waals surface area contributed by atoms with E-state index >= 15 is 0 Å². The van der Waals surface area contributed by atoms with Crippen molar-refractivity contribution in [1.82, 2.24) is 9.97 Å². The Morgan fingerprint density at radius 3 is 2.74 bits per heavy atom. The van der Waals surface area contributed by atoms with Crippen LogP contribution in [0.4, 0.5) is 5.82 Å². The van der Waals surface area contributed by atoms with Gasteiger partial charge < -0.3 is 10.1 Å². The highest BCUT2D eigenvalue weighted by Gasteiger charge is 2.14. The Balaban J connectivity index is 1.70. The van der Waals surface area contributed by atoms with Gasteiger partial charge in [0.2, 0.25) is 0 Å². The molecule has 0 spiro atoms. The van der Waals surface area contributed by atoms with Crippen LogP contribution in [0.3, 0.4) is 0 Å². The maximum atomic E-state index is 11.0. The second kappa shape index (κ2) is 7.55. The van der Waals surface area contributed by atoms with Gasteiger partial charge in [-0.2, -0.15) is 0 Å². The van der Waals surface area contributed by atoms with E-state index in [0.717, 1.165) is 32.8 Å². The first-order chi connectivity index (χ1) is 13.3. The van der Waals surface area contributed by atoms with Crippen LogP contribution < -0.4 is 10.1 Å². The van der Waals surface area contributed by atoms with E-state index in [0.29, 0.717) is 17.9 Å². The number of carbonyl (C=O) groups excluding carboxylic acids is 1. The average Bonchev–Trinajstić information content (AvgIpc) is 3.17. The van der Waals surface area contributed by atoms with E-state index in [2.05, 4.69) is 33.5 Å². The number of nitrogens with zero attached hydrogens (tertiary/aromatic N) is 2. The van der Waals surface area contributed by atoms with Crippen molar-refractivity contribution >= 4 is 33.7 Å². The number of carbonyl (C=O) groups is 1. The van der Waals surface area contributed by atoms with Crippen LogP contribution >= 0.6 is 11.3 Å². The van der Waals surface area contributed by atoms with Gasteiger partial charge in [-0.3, -0.25) is 4.79 Å². The van der Waals surface area contributed by atoms with Gasteiger partial charge in [-0.05, 0) is 23.8 Å². The number of ether oxygens (including phenoxy) is 1. The quantitative estimate of drug-likeness (QED) is 0.491. The van der Waals surface area contributed by atoms with Crippen LogP contribution in [0, 0.1) is 0 Å². The first-order valence-corrected chi connectivity index (χ1v) is 9.26. The minimum absolute atomic E-state index is 0.585. The molecule has 0 fully saturated rings. The van der Waals surface area contributed by atoms with Gasteiger partial charge in [0.25, 0.3) is 0 Å². The van der Waals surface area contributed by atoms with Crippen molar-refractivity contribution < 1.29 is 9.53 Å². The zero-order chi connectivity index (χ0) is 18.6. The van der Waals surface area contributed by atoms with Gasteiger partial charge in [0.1, 0.15) is 29.0 Å². The first kappa shape index (κ1) is 17.2. The molecule has 0 saturated heterocycles. The number of hydrogen-bond donors (Lipinski definition) is 1. The van der Waals surface area contributed by atoms with Crippen molar-refractivity contribution in [2.24, 2.45) is 0 Å². The molecule has 0 aliphatic rings. The van der Waals surface area contributed by atoms with E-state index in [-0.39, 0.29) is 0 Å². The predicted molar refractivity (Wildman–Crippen MR) is 109 cm³/mol. The van der Waals surface area contributed by atoms with Gasteiger partial charge in [0.05, 0.1) is 12.5 Å². The number of benzene rings is 2. The molecule has 6 heteroatoms. The number of anilines is 1. The molecule has 0 atom stereocenters. The average molecular weight is 375 g/mol. The Bertz CT molecular complexity index is 1090. The second-order valence-corrected chi connectivity index (χ2v) is 7.00. The van der Waals surface area contributed by atoms with Gasteiger partial charge in [-0.15, -0.1) is 11.3 Å². The highest BCUT2D eigenvalue weighted by atomic mass is 32.1. The summed E-state index contributed by atoms with van der Waals surface area (Å²) in [5.74, 6) is 1.47. The zero-order valence-corrected chi connectivity index (χ0v) is 15.5. The van der Waals surface area contributed by atoms with E-state index < -0.39 is 0 Å². The monoisotopic (exact) mass is 375 g/mol. The number of aromatic nitrogens is 2. The summed E-state index contributed by atoms with van der Waals surface area (Å²) in [5.41, 5.74) is 2.70. The van der Waals surface area contributed by atoms with Crippen molar-refractivity contribution in [2.45, 2.75) is 6.54 Å². The molecule has 0 amide bonds. The molecule has 0 unspecified atom stereocenters. The topological polar surface area (TPSA) is 64.1 Å². The fourth-order valence-electron chi connectivity index (χ4n) is 2.90. The molecule has 0 radical (unpaired) electrons. The number of fused-ring (bicyclic) bond motifs is 1. The number of aldehydes is 1. The van der Waals surface area contributed by atoms with Gasteiger partial charge in [0, 0.05) is 22.5 Å². The molecule has 27 heavy (non-hydrogen) atoms. The number of thiophene rings is 1. The lowest BCUT2D eigenvalue weighted by atomic mass is 10.1. The summed E-state index contributed by atoms with van der Waals surface area (Å²) in [5, 5.41) is 4.36. The maximum Gasteiger partial charge on any atom is 0.150 e. The molecule has 4 rings (SSSR count). The summed E-state index contributed by atoms with van der Waals surface area (Å²) in [4.78, 5) is 21.7. The summed E-state index contributed by atoms with van der Waals surface area (Å²) in [7, 11) is 1.60. The van der Waals surface area contributed by atoms with Crippen LogP contribution in [0.1, 0.15) is 15.9 Å². The molecule has 2 heterocycles. The minimum Gasteiger partial charge on any atom is -0.496 e. The Hall–Kier alpha value is -3.25. The Morgan fingerprint density at radius 1 is 1.11 bits per heavy atom. The predicted octanol–water partition coefficient (Wildman–Crippen LogP) is 4.79. The van der Waals surface area contributed by atoms with E-state index in [1.165, 1.54) is 5.56 Å². The first-order valence-electron chi connectivity index (χ1n) is 8.44. The standard InChI is InChI=1S/C21H17N3O2S/c1-26-18-9-15(12-25)7-8-16(18)19-10-17-20(23-13-24-21(17)27-19)22-11-14-5-3-2-4-6-14/h2-10,12-13H,11H2,1H3,(H,22,23,24). The maximum absolute atomic E-state index is 11.0. The Morgan fingerprint density at radius 2 is 1.96 bits per heavy atom. The smallest absolute Gasteiger partial charge is 0.150 e. The number of nitrogens with one attached hydrogen (secondary N) is 1. The number of rotatable bonds is 6. The molecule has 4 aromatic rings. The highest BCUT2D eigenvalue weighted by Crippen LogP contribution is 2.39. The number of hydrogen-bond acceptors (Lipinski definition) is 6. The minimum atomic E-state index is 0.585. The molecule has 2 aromatic carbocycles. The normalized spacial score (nSPS) is 10.7. The lowest BCUT2D eigenvalue weighted by Gasteiger charge is -2.07. The van der Waals surface area contributed by atoms with E-state index in [1.807, 2.05) is 24.3 Å². The molecule has 5 nitrogen and oxygen atoms in total.